The molecule has 8 rings (SSSR count). The van der Waals surface area contributed by atoms with Gasteiger partial charge in [-0.1, -0.05) is 58.9 Å². The van der Waals surface area contributed by atoms with Gasteiger partial charge in [0.05, 0.1) is 67.9 Å². The molecule has 11 unspecified atom stereocenters. The van der Waals surface area contributed by atoms with E-state index in [0.717, 1.165) is 53.8 Å². The van der Waals surface area contributed by atoms with Gasteiger partial charge in [0.15, 0.2) is 11.9 Å². The molecule has 6 heterocycles. The van der Waals surface area contributed by atoms with E-state index >= 15 is 0 Å². The Balaban J connectivity index is 0.708. The number of likely N-dealkylation sites (tertiary alicyclic amines) is 1. The van der Waals surface area contributed by atoms with E-state index < -0.39 is 47.2 Å². The summed E-state index contributed by atoms with van der Waals surface area (Å²) in [6.07, 6.45) is 5.07. The molecule has 2 bridgehead atoms. The summed E-state index contributed by atoms with van der Waals surface area (Å²) in [4.78, 5) is 71.8. The number of β-amino-alcohol motifs (C(OH)–C–C–N with tert-alkyl or cyclic N) is 1. The lowest BCUT2D eigenvalue weighted by molar-refractivity contribution is -0.571. The van der Waals surface area contributed by atoms with Crippen LogP contribution in [-0.4, -0.2) is 133 Å². The summed E-state index contributed by atoms with van der Waals surface area (Å²) in [6.45, 7) is 16.4. The molecule has 0 radical (unpaired) electrons. The summed E-state index contributed by atoms with van der Waals surface area (Å²) >= 11 is 1.57. The van der Waals surface area contributed by atoms with Gasteiger partial charge in [0.2, 0.25) is 23.5 Å². The number of carbonyl (C=O) groups excluding carboxylic acids is 4. The molecule has 1 aliphatic carbocycles. The van der Waals surface area contributed by atoms with Gasteiger partial charge < -0.3 is 49.1 Å². The molecule has 5 aliphatic heterocycles. The van der Waals surface area contributed by atoms with Crippen LogP contribution in [0.25, 0.3) is 10.4 Å². The predicted molar refractivity (Wildman–Crippen MR) is 255 cm³/mol. The number of esters is 1. The van der Waals surface area contributed by atoms with Crippen molar-refractivity contribution in [2.45, 2.75) is 161 Å². The van der Waals surface area contributed by atoms with Crippen molar-refractivity contribution in [1.29, 1.82) is 0 Å². The standard InChI is InChI=1S/C51H76N4O13S/c1-32-12-17-39-33(2)41(65-48-51(39)38(32)18-20-50(7,66-48)67-68-51)10-8-22-64-43(58)11-9-21-61-24-26-63-27-25-62-23-19-42(57)54-45(49(4,5)6)47(60)55-30-37(56)28-40(55)46(59)52-29-35-13-15-36(16-14-35)44-34(3)53-31-69-44/h13-16,31-33,37-41,45,48,56H,8-12,17-30H2,1-7H3,(H,52,59)(H,54,57). The molecule has 1 spiro atoms. The Morgan fingerprint density at radius 2 is 1.65 bits per heavy atom. The lowest BCUT2D eigenvalue weighted by Crippen LogP contribution is -2.70. The first-order valence-electron chi connectivity index (χ1n) is 25.1. The number of aliphatic hydroxyl groups is 1. The monoisotopic (exact) mass is 985 g/mol. The summed E-state index contributed by atoms with van der Waals surface area (Å²) in [5.74, 6) is -0.802. The van der Waals surface area contributed by atoms with Crippen molar-refractivity contribution < 1.29 is 62.5 Å². The molecule has 3 amide bonds. The highest BCUT2D eigenvalue weighted by molar-refractivity contribution is 7.13. The van der Waals surface area contributed by atoms with Crippen LogP contribution in [0.2, 0.25) is 0 Å². The largest absolute Gasteiger partial charge is 0.466 e. The number of nitrogens with zero attached hydrogens (tertiary/aromatic N) is 2. The minimum absolute atomic E-state index is 0.00563. The highest BCUT2D eigenvalue weighted by Gasteiger charge is 2.69. The molecule has 6 aliphatic rings. The Morgan fingerprint density at radius 1 is 0.928 bits per heavy atom. The van der Waals surface area contributed by atoms with E-state index in [0.29, 0.717) is 57.7 Å². The molecule has 384 valence electrons. The zero-order valence-electron chi connectivity index (χ0n) is 41.7. The first-order valence-corrected chi connectivity index (χ1v) is 26.0. The molecule has 5 saturated heterocycles. The Kier molecular flexibility index (Phi) is 18.3. The van der Waals surface area contributed by atoms with Gasteiger partial charge in [0, 0.05) is 51.3 Å². The number of ether oxygens (including phenoxy) is 6. The van der Waals surface area contributed by atoms with Gasteiger partial charge in [-0.15, -0.1) is 11.3 Å². The summed E-state index contributed by atoms with van der Waals surface area (Å²) in [5.41, 5.74) is 3.48. The van der Waals surface area contributed by atoms with Crippen molar-refractivity contribution in [1.82, 2.24) is 20.5 Å². The van der Waals surface area contributed by atoms with Crippen LogP contribution in [-0.2, 0) is 63.9 Å². The van der Waals surface area contributed by atoms with Crippen LogP contribution in [0.3, 0.4) is 0 Å². The number of benzene rings is 1. The molecule has 18 heteroatoms. The molecule has 6 fully saturated rings. The van der Waals surface area contributed by atoms with Crippen molar-refractivity contribution in [2.24, 2.45) is 29.1 Å². The normalized spacial score (nSPS) is 30.1. The first-order chi connectivity index (χ1) is 33.0. The highest BCUT2D eigenvalue weighted by atomic mass is 32.1. The molecule has 2 aromatic rings. The number of fused-ring (bicyclic) bond motifs is 2. The molecular weight excluding hydrogens is 909 g/mol. The number of hydrogen-bond donors (Lipinski definition) is 3. The molecular formula is C51H76N4O13S. The summed E-state index contributed by atoms with van der Waals surface area (Å²) in [5, 5.41) is 16.3. The van der Waals surface area contributed by atoms with Crippen molar-refractivity contribution in [3.05, 3.63) is 41.0 Å². The average Bonchev–Trinajstić information content (AvgIpc) is 3.86. The Bertz CT molecular complexity index is 2030. The van der Waals surface area contributed by atoms with Gasteiger partial charge in [0.1, 0.15) is 12.1 Å². The van der Waals surface area contributed by atoms with Crippen LogP contribution in [0.15, 0.2) is 29.8 Å². The number of carbonyl (C=O) groups is 4. The molecule has 1 aromatic heterocycles. The topological polar surface area (TPSA) is 203 Å². The number of thiazole rings is 1. The van der Waals surface area contributed by atoms with Gasteiger partial charge in [-0.3, -0.25) is 19.2 Å². The molecule has 1 saturated carbocycles. The van der Waals surface area contributed by atoms with Crippen LogP contribution >= 0.6 is 11.3 Å². The number of amides is 3. The Hall–Kier alpha value is -3.59. The van der Waals surface area contributed by atoms with E-state index in [9.17, 15) is 24.3 Å². The number of aliphatic hydroxyl groups excluding tert-OH is 1. The van der Waals surface area contributed by atoms with Crippen LogP contribution in [0.1, 0.15) is 117 Å². The maximum atomic E-state index is 13.9. The Labute approximate surface area is 411 Å². The minimum atomic E-state index is -0.931. The van der Waals surface area contributed by atoms with E-state index in [1.165, 1.54) is 4.90 Å². The van der Waals surface area contributed by atoms with E-state index in [1.807, 2.05) is 64.4 Å². The minimum Gasteiger partial charge on any atom is -0.466 e. The SMILES string of the molecule is Cc1ncsc1-c1ccc(CNC(=O)C2CC(O)CN2C(=O)C(NC(=O)CCOCCOCCOCCCC(=O)OCCCC2OC3OC4(C)CCC5C(C)CCC(C2C)C35OO4)C(C)(C)C)cc1. The summed E-state index contributed by atoms with van der Waals surface area (Å²) in [6, 6.07) is 6.07. The maximum absolute atomic E-state index is 13.9. The quantitative estimate of drug-likeness (QED) is 0.0663. The molecule has 11 atom stereocenters. The van der Waals surface area contributed by atoms with Gasteiger partial charge >= 0.3 is 5.97 Å². The van der Waals surface area contributed by atoms with E-state index in [2.05, 4.69) is 29.5 Å². The van der Waals surface area contributed by atoms with Crippen molar-refractivity contribution in [2.75, 3.05) is 52.8 Å². The van der Waals surface area contributed by atoms with Crippen LogP contribution in [0.4, 0.5) is 0 Å². The number of rotatable bonds is 23. The zero-order chi connectivity index (χ0) is 49.3. The van der Waals surface area contributed by atoms with Crippen molar-refractivity contribution in [3.8, 4) is 10.4 Å². The predicted octanol–water partition coefficient (Wildman–Crippen LogP) is 6.02. The second kappa shape index (κ2) is 23.8. The number of hydrogen-bond acceptors (Lipinski definition) is 15. The maximum Gasteiger partial charge on any atom is 0.305 e. The van der Waals surface area contributed by atoms with Gasteiger partial charge in [-0.05, 0) is 86.7 Å². The fourth-order valence-corrected chi connectivity index (χ4v) is 11.7. The zero-order valence-corrected chi connectivity index (χ0v) is 42.5. The summed E-state index contributed by atoms with van der Waals surface area (Å²) in [7, 11) is 0. The van der Waals surface area contributed by atoms with Gasteiger partial charge in [0.25, 0.3) is 0 Å². The average molecular weight is 985 g/mol. The number of aromatic nitrogens is 1. The van der Waals surface area contributed by atoms with E-state index in [4.69, 9.17) is 38.2 Å². The molecule has 3 N–H and O–H groups in total. The first kappa shape index (κ1) is 53.2. The Morgan fingerprint density at radius 3 is 2.36 bits per heavy atom. The lowest BCUT2D eigenvalue weighted by atomic mass is 9.57. The second-order valence-corrected chi connectivity index (χ2v) is 21.8. The van der Waals surface area contributed by atoms with Gasteiger partial charge in [-0.2, -0.15) is 0 Å². The van der Waals surface area contributed by atoms with Gasteiger partial charge in [-0.25, -0.2) is 14.8 Å². The third kappa shape index (κ3) is 13.1. The lowest BCUT2D eigenvalue weighted by Gasteiger charge is -2.60. The third-order valence-electron chi connectivity index (χ3n) is 14.8. The molecule has 17 nitrogen and oxygen atoms in total. The highest BCUT2D eigenvalue weighted by Crippen LogP contribution is 2.60. The smallest absolute Gasteiger partial charge is 0.305 e. The van der Waals surface area contributed by atoms with Crippen LogP contribution < -0.4 is 10.6 Å². The number of nitrogens with one attached hydrogen (secondary N) is 2. The molecule has 1 aromatic carbocycles. The summed E-state index contributed by atoms with van der Waals surface area (Å²) < 4.78 is 35.5. The fraction of sp³-hybridized carbons (Fsp3) is 0.745. The van der Waals surface area contributed by atoms with Crippen LogP contribution in [0.5, 0.6) is 0 Å². The third-order valence-corrected chi connectivity index (χ3v) is 15.8. The van der Waals surface area contributed by atoms with E-state index in [-0.39, 0.29) is 81.3 Å². The molecule has 69 heavy (non-hydrogen) atoms. The van der Waals surface area contributed by atoms with E-state index in [1.54, 1.807) is 11.3 Å². The van der Waals surface area contributed by atoms with Crippen molar-refractivity contribution >= 4 is 35.0 Å². The second-order valence-electron chi connectivity index (χ2n) is 20.9. The van der Waals surface area contributed by atoms with Crippen molar-refractivity contribution in [3.63, 3.8) is 0 Å². The van der Waals surface area contributed by atoms with Crippen LogP contribution in [0, 0.1) is 36.0 Å². The fourth-order valence-electron chi connectivity index (χ4n) is 10.9. The number of aryl methyl sites for hydroxylation is 1.